The third-order valence-electron chi connectivity index (χ3n) is 2.68. The maximum atomic E-state index is 11.8. The standard InChI is InChI=1S/C11H20N3O7/c1-5(2)3-6(12)10(17)13-9(11(18)19)7(14(20)21)4-8(15)16/h5-7,9,20H,3-4,12H2,1-2H3,(H,13,17)(H,15,16)(H,18,19)/q-1/t6-,7?,9-/m0/s1. The molecule has 0 aliphatic rings. The summed E-state index contributed by atoms with van der Waals surface area (Å²) in [6, 6.07) is -4.76. The van der Waals surface area contributed by atoms with Crippen LogP contribution >= 0.6 is 0 Å². The second-order valence-corrected chi connectivity index (χ2v) is 5.03. The molecule has 0 bridgehead atoms. The molecule has 1 amide bonds. The van der Waals surface area contributed by atoms with Gasteiger partial charge in [0.1, 0.15) is 6.04 Å². The summed E-state index contributed by atoms with van der Waals surface area (Å²) in [5.74, 6) is -3.91. The number of carbonyl (C=O) groups excluding carboxylic acids is 1. The van der Waals surface area contributed by atoms with Crippen LogP contribution in [-0.2, 0) is 14.4 Å². The predicted molar refractivity (Wildman–Crippen MR) is 70.0 cm³/mol. The van der Waals surface area contributed by atoms with Crippen molar-refractivity contribution in [2.45, 2.75) is 44.8 Å². The molecule has 0 fully saturated rings. The first kappa shape index (κ1) is 19.2. The van der Waals surface area contributed by atoms with Crippen LogP contribution in [0.2, 0.25) is 0 Å². The minimum absolute atomic E-state index is 0.0812. The molecule has 0 aliphatic carbocycles. The van der Waals surface area contributed by atoms with E-state index in [4.69, 9.17) is 21.2 Å². The third-order valence-corrected chi connectivity index (χ3v) is 2.68. The van der Waals surface area contributed by atoms with Crippen LogP contribution in [0, 0.1) is 11.1 Å². The Hall–Kier alpha value is -1.75. The zero-order valence-corrected chi connectivity index (χ0v) is 11.7. The molecule has 0 radical (unpaired) electrons. The Kier molecular flexibility index (Phi) is 7.81. The molecule has 0 spiro atoms. The fourth-order valence-corrected chi connectivity index (χ4v) is 1.70. The Morgan fingerprint density at radius 1 is 1.29 bits per heavy atom. The lowest BCUT2D eigenvalue weighted by atomic mass is 10.0. The minimum Gasteiger partial charge on any atom is -0.762 e. The average Bonchev–Trinajstić information content (AvgIpc) is 2.31. The van der Waals surface area contributed by atoms with Crippen molar-refractivity contribution < 1.29 is 29.8 Å². The molecule has 0 aliphatic heterocycles. The molecular weight excluding hydrogens is 286 g/mol. The first-order valence-electron chi connectivity index (χ1n) is 6.22. The fourth-order valence-electron chi connectivity index (χ4n) is 1.70. The molecule has 0 rings (SSSR count). The van der Waals surface area contributed by atoms with Gasteiger partial charge in [-0.1, -0.05) is 13.8 Å². The SMILES string of the molecule is CC(C)C[C@H](N)C(=O)N[C@H](C(=O)O)C(CC(=O)O)N([O-])O. The van der Waals surface area contributed by atoms with E-state index >= 15 is 0 Å². The Bertz CT molecular complexity index is 386. The van der Waals surface area contributed by atoms with Crippen molar-refractivity contribution in [1.29, 1.82) is 0 Å². The number of hydroxylamine groups is 2. The summed E-state index contributed by atoms with van der Waals surface area (Å²) < 4.78 is 0. The number of carbonyl (C=O) groups is 3. The monoisotopic (exact) mass is 306 g/mol. The predicted octanol–water partition coefficient (Wildman–Crippen LogP) is -1.04. The molecule has 122 valence electrons. The van der Waals surface area contributed by atoms with Crippen molar-refractivity contribution in [3.8, 4) is 0 Å². The van der Waals surface area contributed by atoms with E-state index in [-0.39, 0.29) is 12.3 Å². The van der Waals surface area contributed by atoms with Gasteiger partial charge in [-0.15, -0.1) is 0 Å². The van der Waals surface area contributed by atoms with Crippen LogP contribution in [0.4, 0.5) is 0 Å². The van der Waals surface area contributed by atoms with Crippen LogP contribution < -0.4 is 11.1 Å². The Labute approximate surface area is 121 Å². The van der Waals surface area contributed by atoms with Gasteiger partial charge in [0.25, 0.3) is 0 Å². The van der Waals surface area contributed by atoms with E-state index in [2.05, 4.69) is 0 Å². The highest BCUT2D eigenvalue weighted by Gasteiger charge is 2.33. The van der Waals surface area contributed by atoms with Gasteiger partial charge in [0.05, 0.1) is 18.5 Å². The van der Waals surface area contributed by atoms with E-state index in [1.807, 2.05) is 19.2 Å². The maximum Gasteiger partial charge on any atom is 0.327 e. The van der Waals surface area contributed by atoms with Gasteiger partial charge in [0.2, 0.25) is 5.91 Å². The summed E-state index contributed by atoms with van der Waals surface area (Å²) in [6.07, 6.45) is -0.682. The van der Waals surface area contributed by atoms with Gasteiger partial charge in [-0.05, 0) is 12.3 Å². The molecule has 0 saturated carbocycles. The number of carboxylic acids is 2. The molecule has 3 atom stereocenters. The van der Waals surface area contributed by atoms with Crippen LogP contribution in [-0.4, -0.2) is 56.6 Å². The van der Waals surface area contributed by atoms with Gasteiger partial charge in [-0.3, -0.25) is 14.8 Å². The van der Waals surface area contributed by atoms with Crippen molar-refractivity contribution in [3.05, 3.63) is 5.21 Å². The zero-order valence-electron chi connectivity index (χ0n) is 11.7. The molecule has 0 aromatic rings. The van der Waals surface area contributed by atoms with Crippen LogP contribution in [0.1, 0.15) is 26.7 Å². The second-order valence-electron chi connectivity index (χ2n) is 5.03. The fraction of sp³-hybridized carbons (Fsp3) is 0.727. The summed E-state index contributed by atoms with van der Waals surface area (Å²) in [7, 11) is 0. The van der Waals surface area contributed by atoms with Crippen molar-refractivity contribution in [2.75, 3.05) is 0 Å². The Balaban J connectivity index is 5.00. The normalized spacial score (nSPS) is 15.6. The largest absolute Gasteiger partial charge is 0.762 e. The van der Waals surface area contributed by atoms with E-state index in [0.29, 0.717) is 0 Å². The number of carboxylic acid groups (broad SMARTS) is 2. The molecule has 0 aromatic carbocycles. The number of rotatable bonds is 9. The Morgan fingerprint density at radius 3 is 2.14 bits per heavy atom. The quantitative estimate of drug-likeness (QED) is 0.333. The highest BCUT2D eigenvalue weighted by Crippen LogP contribution is 2.09. The van der Waals surface area contributed by atoms with Gasteiger partial charge < -0.3 is 31.7 Å². The van der Waals surface area contributed by atoms with E-state index < -0.39 is 47.6 Å². The molecule has 6 N–H and O–H groups in total. The van der Waals surface area contributed by atoms with Crippen molar-refractivity contribution >= 4 is 17.8 Å². The number of hydrogen-bond acceptors (Lipinski definition) is 7. The zero-order chi connectivity index (χ0) is 16.7. The molecule has 0 heterocycles. The maximum absolute atomic E-state index is 11.8. The van der Waals surface area contributed by atoms with Crippen molar-refractivity contribution in [1.82, 2.24) is 10.5 Å². The molecule has 0 aromatic heterocycles. The lowest BCUT2D eigenvalue weighted by molar-refractivity contribution is -0.156. The molecular formula is C11H20N3O7-. The summed E-state index contributed by atoms with van der Waals surface area (Å²) in [6.45, 7) is 3.62. The van der Waals surface area contributed by atoms with E-state index in [0.717, 1.165) is 0 Å². The van der Waals surface area contributed by atoms with E-state index in [9.17, 15) is 19.6 Å². The van der Waals surface area contributed by atoms with Gasteiger partial charge in [-0.25, -0.2) is 4.79 Å². The van der Waals surface area contributed by atoms with Crippen LogP contribution in [0.15, 0.2) is 0 Å². The molecule has 10 heteroatoms. The van der Waals surface area contributed by atoms with E-state index in [1.54, 1.807) is 0 Å². The van der Waals surface area contributed by atoms with Crippen molar-refractivity contribution in [3.63, 3.8) is 0 Å². The minimum atomic E-state index is -1.89. The lowest BCUT2D eigenvalue weighted by Crippen LogP contribution is -2.57. The topological polar surface area (TPSA) is 176 Å². The number of amides is 1. The van der Waals surface area contributed by atoms with Crippen LogP contribution in [0.3, 0.4) is 0 Å². The molecule has 0 saturated heterocycles. The smallest absolute Gasteiger partial charge is 0.327 e. The summed E-state index contributed by atoms with van der Waals surface area (Å²) >= 11 is 0. The summed E-state index contributed by atoms with van der Waals surface area (Å²) in [5.41, 5.74) is 5.57. The number of aliphatic carboxylic acids is 2. The number of nitrogens with two attached hydrogens (primary N) is 1. The Morgan fingerprint density at radius 2 is 1.81 bits per heavy atom. The first-order chi connectivity index (χ1) is 9.56. The number of nitrogens with zero attached hydrogens (tertiary/aromatic N) is 1. The highest BCUT2D eigenvalue weighted by molar-refractivity contribution is 5.87. The van der Waals surface area contributed by atoms with Gasteiger partial charge >= 0.3 is 11.9 Å². The van der Waals surface area contributed by atoms with Gasteiger partial charge in [-0.2, -0.15) is 0 Å². The highest BCUT2D eigenvalue weighted by atomic mass is 16.8. The lowest BCUT2D eigenvalue weighted by Gasteiger charge is -2.34. The van der Waals surface area contributed by atoms with Gasteiger partial charge in [0.15, 0.2) is 0 Å². The first-order valence-corrected chi connectivity index (χ1v) is 6.22. The number of hydrogen-bond donors (Lipinski definition) is 5. The van der Waals surface area contributed by atoms with E-state index in [1.165, 1.54) is 0 Å². The molecule has 21 heavy (non-hydrogen) atoms. The molecule has 1 unspecified atom stereocenters. The van der Waals surface area contributed by atoms with Crippen molar-refractivity contribution in [2.24, 2.45) is 11.7 Å². The third kappa shape index (κ3) is 6.99. The van der Waals surface area contributed by atoms with Crippen LogP contribution in [0.25, 0.3) is 0 Å². The van der Waals surface area contributed by atoms with Gasteiger partial charge in [0, 0.05) is 0 Å². The second kappa shape index (κ2) is 8.52. The average molecular weight is 306 g/mol. The van der Waals surface area contributed by atoms with Crippen LogP contribution in [0.5, 0.6) is 0 Å². The summed E-state index contributed by atoms with van der Waals surface area (Å²) in [5, 5.41) is 38.6. The molecule has 10 nitrogen and oxygen atoms in total. The number of nitrogens with one attached hydrogen (secondary N) is 1. The summed E-state index contributed by atoms with van der Waals surface area (Å²) in [4.78, 5) is 33.4.